The van der Waals surface area contributed by atoms with Crippen molar-refractivity contribution >= 4 is 43.9 Å². The lowest BCUT2D eigenvalue weighted by atomic mass is 10.0. The van der Waals surface area contributed by atoms with Crippen LogP contribution in [0.1, 0.15) is 30.9 Å². The first-order valence-corrected chi connectivity index (χ1v) is 13.1. The Morgan fingerprint density at radius 1 is 1.14 bits per heavy atom. The summed E-state index contributed by atoms with van der Waals surface area (Å²) in [6.45, 7) is 0.482. The van der Waals surface area contributed by atoms with Crippen LogP contribution in [0.3, 0.4) is 0 Å². The molecule has 0 bridgehead atoms. The van der Waals surface area contributed by atoms with E-state index in [2.05, 4.69) is 14.9 Å². The molecule has 9 nitrogen and oxygen atoms in total. The van der Waals surface area contributed by atoms with Gasteiger partial charge in [0.2, 0.25) is 5.88 Å². The number of aromatic nitrogens is 2. The number of sulfonamides is 1. The quantitative estimate of drug-likeness (QED) is 0.160. The minimum absolute atomic E-state index is 0.0235. The smallest absolute Gasteiger partial charge is 0.262 e. The molecule has 0 spiro atoms. The van der Waals surface area contributed by atoms with E-state index in [1.807, 2.05) is 18.2 Å². The zero-order chi connectivity index (χ0) is 25.7. The summed E-state index contributed by atoms with van der Waals surface area (Å²) < 4.78 is 38.9. The number of methoxy groups -OCH3 is 1. The van der Waals surface area contributed by atoms with Gasteiger partial charge in [0.1, 0.15) is 5.75 Å². The van der Waals surface area contributed by atoms with E-state index in [-0.39, 0.29) is 15.6 Å². The maximum Gasteiger partial charge on any atom is 0.262 e. The molecule has 0 saturated carbocycles. The fraction of sp³-hybridized carbons (Fsp3) is 0.240. The van der Waals surface area contributed by atoms with Gasteiger partial charge in [-0.1, -0.05) is 23.7 Å². The summed E-state index contributed by atoms with van der Waals surface area (Å²) in [5, 5.41) is 18.7. The number of fused-ring (bicyclic) bond motifs is 1. The highest BCUT2D eigenvalue weighted by Gasteiger charge is 2.18. The fourth-order valence-corrected chi connectivity index (χ4v) is 5.08. The minimum atomic E-state index is -3.89. The third-order valence-corrected chi connectivity index (χ3v) is 7.31. The standard InChI is InChI=1S/C25H27ClN4O5S/c1-34-25-20-10-9-18(15-22(20)28-29-25)35-12-3-2-7-24(31)16-8-11-21(26)23(13-16)30-36(32,33)19-6-4-5-17(27)14-19/h4-6,8-11,13-15,24,30-31H,2-3,7,12,27H2,1H3,(H,28,29)/t24-/m0/s1. The van der Waals surface area contributed by atoms with Crippen LogP contribution in [0.5, 0.6) is 11.6 Å². The average Bonchev–Trinajstić information content (AvgIpc) is 3.27. The normalized spacial score (nSPS) is 12.4. The number of anilines is 2. The van der Waals surface area contributed by atoms with E-state index in [0.717, 1.165) is 17.3 Å². The number of hydrogen-bond acceptors (Lipinski definition) is 7. The van der Waals surface area contributed by atoms with Gasteiger partial charge in [0.25, 0.3) is 10.0 Å². The Bertz CT molecular complexity index is 1460. The SMILES string of the molecule is COc1n[nH]c2cc(OCCCC[C@H](O)c3ccc(Cl)c(NS(=O)(=O)c4cccc(N)c4)c3)ccc12. The van der Waals surface area contributed by atoms with Gasteiger partial charge in [-0.3, -0.25) is 9.82 Å². The number of rotatable bonds is 11. The molecule has 1 aromatic heterocycles. The number of aromatic amines is 1. The van der Waals surface area contributed by atoms with Gasteiger partial charge < -0.3 is 20.3 Å². The molecule has 0 fully saturated rings. The molecule has 1 heterocycles. The van der Waals surface area contributed by atoms with E-state index >= 15 is 0 Å². The zero-order valence-electron chi connectivity index (χ0n) is 19.6. The third kappa shape index (κ3) is 6.01. The zero-order valence-corrected chi connectivity index (χ0v) is 21.1. The molecule has 36 heavy (non-hydrogen) atoms. The number of nitrogen functional groups attached to an aromatic ring is 1. The fourth-order valence-electron chi connectivity index (χ4n) is 3.73. The molecule has 4 rings (SSSR count). The van der Waals surface area contributed by atoms with E-state index in [1.165, 1.54) is 12.1 Å². The average molecular weight is 531 g/mol. The van der Waals surface area contributed by atoms with Gasteiger partial charge in [-0.15, -0.1) is 5.10 Å². The van der Waals surface area contributed by atoms with Crippen molar-refractivity contribution in [3.8, 4) is 11.6 Å². The summed E-state index contributed by atoms with van der Waals surface area (Å²) in [4.78, 5) is 0.0235. The summed E-state index contributed by atoms with van der Waals surface area (Å²) in [6, 6.07) is 16.3. The number of hydrogen-bond donors (Lipinski definition) is 4. The van der Waals surface area contributed by atoms with Gasteiger partial charge in [-0.25, -0.2) is 8.42 Å². The number of halogens is 1. The first-order chi connectivity index (χ1) is 17.3. The predicted octanol–water partition coefficient (Wildman–Crippen LogP) is 4.89. The summed E-state index contributed by atoms with van der Waals surface area (Å²) >= 11 is 6.21. The highest BCUT2D eigenvalue weighted by Crippen LogP contribution is 2.30. The Kier molecular flexibility index (Phi) is 7.88. The van der Waals surface area contributed by atoms with E-state index < -0.39 is 16.1 Å². The highest BCUT2D eigenvalue weighted by molar-refractivity contribution is 7.92. The maximum absolute atomic E-state index is 12.7. The minimum Gasteiger partial charge on any atom is -0.494 e. The van der Waals surface area contributed by atoms with Gasteiger partial charge in [-0.2, -0.15) is 0 Å². The van der Waals surface area contributed by atoms with E-state index in [1.54, 1.807) is 37.4 Å². The van der Waals surface area contributed by atoms with E-state index in [4.69, 9.17) is 26.8 Å². The number of H-pyrrole nitrogens is 1. The second kappa shape index (κ2) is 11.1. The molecular weight excluding hydrogens is 504 g/mol. The molecule has 3 aromatic carbocycles. The van der Waals surface area contributed by atoms with Crippen molar-refractivity contribution in [3.63, 3.8) is 0 Å². The molecule has 0 aliphatic heterocycles. The first kappa shape index (κ1) is 25.6. The Morgan fingerprint density at radius 3 is 2.75 bits per heavy atom. The number of unbranched alkanes of at least 4 members (excludes halogenated alkanes) is 1. The molecule has 0 aliphatic rings. The summed E-state index contributed by atoms with van der Waals surface area (Å²) in [5.41, 5.74) is 7.60. The van der Waals surface area contributed by atoms with Gasteiger partial charge in [0, 0.05) is 11.8 Å². The molecule has 0 amide bonds. The third-order valence-electron chi connectivity index (χ3n) is 5.62. The van der Waals surface area contributed by atoms with Crippen molar-refractivity contribution in [2.24, 2.45) is 0 Å². The lowest BCUT2D eigenvalue weighted by Gasteiger charge is -2.15. The van der Waals surface area contributed by atoms with Crippen LogP contribution in [0.25, 0.3) is 10.9 Å². The molecular formula is C25H27ClN4O5S. The van der Waals surface area contributed by atoms with Gasteiger partial charge in [0.15, 0.2) is 0 Å². The second-order valence-electron chi connectivity index (χ2n) is 8.22. The summed E-state index contributed by atoms with van der Waals surface area (Å²) in [5.74, 6) is 1.25. The van der Waals surface area contributed by atoms with Crippen molar-refractivity contribution in [1.29, 1.82) is 0 Å². The number of aliphatic hydroxyl groups excluding tert-OH is 1. The van der Waals surface area contributed by atoms with Crippen LogP contribution in [-0.4, -0.2) is 37.4 Å². The van der Waals surface area contributed by atoms with Crippen molar-refractivity contribution in [1.82, 2.24) is 10.2 Å². The Labute approximate surface area is 214 Å². The summed E-state index contributed by atoms with van der Waals surface area (Å²) in [6.07, 6.45) is 1.12. The predicted molar refractivity (Wildman–Crippen MR) is 140 cm³/mol. The van der Waals surface area contributed by atoms with E-state index in [0.29, 0.717) is 42.3 Å². The second-order valence-corrected chi connectivity index (χ2v) is 10.3. The highest BCUT2D eigenvalue weighted by atomic mass is 35.5. The van der Waals surface area contributed by atoms with Crippen LogP contribution >= 0.6 is 11.6 Å². The van der Waals surface area contributed by atoms with Gasteiger partial charge >= 0.3 is 0 Å². The maximum atomic E-state index is 12.7. The topological polar surface area (TPSA) is 140 Å². The Balaban J connectivity index is 1.30. The molecule has 0 radical (unpaired) electrons. The molecule has 11 heteroatoms. The molecule has 4 aromatic rings. The van der Waals surface area contributed by atoms with Crippen molar-refractivity contribution in [2.45, 2.75) is 30.3 Å². The van der Waals surface area contributed by atoms with Gasteiger partial charge in [0.05, 0.1) is 46.3 Å². The molecule has 0 unspecified atom stereocenters. The van der Waals surface area contributed by atoms with Gasteiger partial charge in [-0.05, 0) is 67.3 Å². The molecule has 5 N–H and O–H groups in total. The van der Waals surface area contributed by atoms with Crippen molar-refractivity contribution in [3.05, 3.63) is 71.2 Å². The van der Waals surface area contributed by atoms with Crippen LogP contribution in [-0.2, 0) is 10.0 Å². The number of benzene rings is 3. The van der Waals surface area contributed by atoms with Crippen LogP contribution < -0.4 is 19.9 Å². The number of ether oxygens (including phenoxy) is 2. The van der Waals surface area contributed by atoms with Crippen LogP contribution in [0.15, 0.2) is 65.6 Å². The van der Waals surface area contributed by atoms with E-state index in [9.17, 15) is 13.5 Å². The Morgan fingerprint density at radius 2 is 1.97 bits per heavy atom. The van der Waals surface area contributed by atoms with Crippen LogP contribution in [0.2, 0.25) is 5.02 Å². The molecule has 0 aliphatic carbocycles. The number of nitrogens with one attached hydrogen (secondary N) is 2. The molecule has 190 valence electrons. The monoisotopic (exact) mass is 530 g/mol. The number of nitrogens with zero attached hydrogens (tertiary/aromatic N) is 1. The summed E-state index contributed by atoms with van der Waals surface area (Å²) in [7, 11) is -2.32. The lowest BCUT2D eigenvalue weighted by molar-refractivity contribution is 0.160. The van der Waals surface area contributed by atoms with Crippen LogP contribution in [0.4, 0.5) is 11.4 Å². The number of nitrogens with two attached hydrogens (primary N) is 1. The van der Waals surface area contributed by atoms with Crippen molar-refractivity contribution < 1.29 is 23.0 Å². The lowest BCUT2D eigenvalue weighted by Crippen LogP contribution is -2.14. The Hall–Kier alpha value is -3.47. The molecule has 1 atom stereocenters. The van der Waals surface area contributed by atoms with Crippen molar-refractivity contribution in [2.75, 3.05) is 24.2 Å². The molecule has 0 saturated heterocycles. The largest absolute Gasteiger partial charge is 0.494 e. The van der Waals surface area contributed by atoms with Crippen LogP contribution in [0, 0.1) is 0 Å². The first-order valence-electron chi connectivity index (χ1n) is 11.3. The number of aliphatic hydroxyl groups is 1.